The van der Waals surface area contributed by atoms with Gasteiger partial charge in [0.15, 0.2) is 0 Å². The second kappa shape index (κ2) is 4.73. The van der Waals surface area contributed by atoms with Gasteiger partial charge >= 0.3 is 0 Å². The minimum absolute atomic E-state index is 0.623. The first kappa shape index (κ1) is 10.6. The van der Waals surface area contributed by atoms with Gasteiger partial charge in [-0.1, -0.05) is 0 Å². The number of hydrogen-bond acceptors (Lipinski definition) is 2. The first-order chi connectivity index (χ1) is 6.77. The van der Waals surface area contributed by atoms with Crippen LogP contribution in [0.5, 0.6) is 0 Å². The molecule has 0 radical (unpaired) electrons. The van der Waals surface area contributed by atoms with Crippen LogP contribution in [0.15, 0.2) is 21.3 Å². The van der Waals surface area contributed by atoms with Gasteiger partial charge in [-0.3, -0.25) is 0 Å². The fraction of sp³-hybridized carbons (Fsp3) is 0.500. The quantitative estimate of drug-likeness (QED) is 0.805. The summed E-state index contributed by atoms with van der Waals surface area (Å²) in [5.41, 5.74) is 1.36. The molecule has 1 aromatic heterocycles. The largest absolute Gasteiger partial charge is 0.316 e. The molecule has 4 heteroatoms. The van der Waals surface area contributed by atoms with Gasteiger partial charge in [0.25, 0.3) is 0 Å². The number of pyridine rings is 1. The lowest BCUT2D eigenvalue weighted by Gasteiger charge is -2.23. The summed E-state index contributed by atoms with van der Waals surface area (Å²) in [6, 6.07) is 2.11. The molecule has 2 rings (SSSR count). The van der Waals surface area contributed by atoms with Crippen LogP contribution >= 0.6 is 31.9 Å². The van der Waals surface area contributed by atoms with E-state index in [0.29, 0.717) is 5.92 Å². The molecule has 1 aliphatic rings. The molecule has 2 nitrogen and oxygen atoms in total. The number of halogens is 2. The van der Waals surface area contributed by atoms with Crippen molar-refractivity contribution in [2.24, 2.45) is 0 Å². The van der Waals surface area contributed by atoms with Gasteiger partial charge < -0.3 is 5.32 Å². The van der Waals surface area contributed by atoms with Gasteiger partial charge in [0.1, 0.15) is 4.60 Å². The van der Waals surface area contributed by atoms with E-state index >= 15 is 0 Å². The van der Waals surface area contributed by atoms with Crippen molar-refractivity contribution in [2.75, 3.05) is 13.1 Å². The molecule has 14 heavy (non-hydrogen) atoms. The Labute approximate surface area is 101 Å². The molecule has 0 aliphatic carbocycles. The minimum Gasteiger partial charge on any atom is -0.316 e. The third-order valence-corrected chi connectivity index (χ3v) is 3.68. The fourth-order valence-electron chi connectivity index (χ4n) is 1.86. The van der Waals surface area contributed by atoms with E-state index in [1.807, 2.05) is 6.20 Å². The molecule has 0 saturated carbocycles. The Balaban J connectivity index is 2.24. The highest BCUT2D eigenvalue weighted by Gasteiger charge is 2.17. The average molecular weight is 320 g/mol. The van der Waals surface area contributed by atoms with Crippen molar-refractivity contribution in [3.63, 3.8) is 0 Å². The van der Waals surface area contributed by atoms with Gasteiger partial charge in [-0.2, -0.15) is 0 Å². The lowest BCUT2D eigenvalue weighted by Crippen LogP contribution is -2.28. The number of nitrogens with zero attached hydrogens (tertiary/aromatic N) is 1. The third kappa shape index (κ3) is 2.35. The van der Waals surface area contributed by atoms with Crippen molar-refractivity contribution in [1.29, 1.82) is 0 Å². The van der Waals surface area contributed by atoms with Crippen molar-refractivity contribution in [2.45, 2.75) is 18.8 Å². The Morgan fingerprint density at radius 2 is 2.29 bits per heavy atom. The number of aromatic nitrogens is 1. The molecule has 76 valence electrons. The number of rotatable bonds is 1. The Hall–Kier alpha value is 0.0700. The second-order valence-corrected chi connectivity index (χ2v) is 5.24. The summed E-state index contributed by atoms with van der Waals surface area (Å²) in [5.74, 6) is 0.623. The molecular weight excluding hydrogens is 308 g/mol. The van der Waals surface area contributed by atoms with Crippen molar-refractivity contribution < 1.29 is 0 Å². The molecule has 0 bridgehead atoms. The van der Waals surface area contributed by atoms with E-state index in [-0.39, 0.29) is 0 Å². The highest BCUT2D eigenvalue weighted by Crippen LogP contribution is 2.30. The zero-order valence-corrected chi connectivity index (χ0v) is 10.9. The van der Waals surface area contributed by atoms with Crippen LogP contribution in [0.3, 0.4) is 0 Å². The van der Waals surface area contributed by atoms with Crippen molar-refractivity contribution in [3.05, 3.63) is 26.9 Å². The normalized spacial score (nSPS) is 22.3. The zero-order valence-electron chi connectivity index (χ0n) is 7.76. The topological polar surface area (TPSA) is 24.9 Å². The van der Waals surface area contributed by atoms with E-state index in [2.05, 4.69) is 48.2 Å². The monoisotopic (exact) mass is 318 g/mol. The van der Waals surface area contributed by atoms with Crippen molar-refractivity contribution in [3.8, 4) is 0 Å². The molecule has 1 atom stereocenters. The summed E-state index contributed by atoms with van der Waals surface area (Å²) < 4.78 is 2.04. The first-order valence-corrected chi connectivity index (χ1v) is 6.37. The highest BCUT2D eigenvalue weighted by molar-refractivity contribution is 9.11. The first-order valence-electron chi connectivity index (χ1n) is 4.79. The predicted octanol–water partition coefficient (Wildman–Crippen LogP) is 3.07. The Bertz CT molecular complexity index is 322. The molecule has 0 aromatic carbocycles. The smallest absolute Gasteiger partial charge is 0.106 e. The molecule has 1 N–H and O–H groups in total. The molecule has 1 unspecified atom stereocenters. The van der Waals surface area contributed by atoms with Crippen LogP contribution in [0.2, 0.25) is 0 Å². The molecule has 1 aliphatic heterocycles. The van der Waals surface area contributed by atoms with Gasteiger partial charge in [-0.15, -0.1) is 0 Å². The van der Waals surface area contributed by atoms with E-state index in [9.17, 15) is 0 Å². The molecule has 1 fully saturated rings. The molecule has 2 heterocycles. The lowest BCUT2D eigenvalue weighted by atomic mass is 9.92. The van der Waals surface area contributed by atoms with E-state index in [4.69, 9.17) is 0 Å². The van der Waals surface area contributed by atoms with E-state index in [1.54, 1.807) is 0 Å². The van der Waals surface area contributed by atoms with Crippen LogP contribution in [0.1, 0.15) is 24.3 Å². The van der Waals surface area contributed by atoms with Crippen LogP contribution in [-0.4, -0.2) is 18.1 Å². The van der Waals surface area contributed by atoms with E-state index in [0.717, 1.165) is 22.2 Å². The van der Waals surface area contributed by atoms with E-state index in [1.165, 1.54) is 18.4 Å². The molecule has 0 spiro atoms. The van der Waals surface area contributed by atoms with Gasteiger partial charge in [-0.25, -0.2) is 4.98 Å². The second-order valence-electron chi connectivity index (χ2n) is 3.57. The van der Waals surface area contributed by atoms with Crippen LogP contribution in [0.4, 0.5) is 0 Å². The third-order valence-electron chi connectivity index (χ3n) is 2.59. The summed E-state index contributed by atoms with van der Waals surface area (Å²) in [7, 11) is 0. The van der Waals surface area contributed by atoms with Crippen molar-refractivity contribution >= 4 is 31.9 Å². The standard InChI is InChI=1S/C10H12Br2N2/c11-9-6-14-10(12)4-8(9)7-2-1-3-13-5-7/h4,6-7,13H,1-3,5H2. The van der Waals surface area contributed by atoms with Crippen LogP contribution < -0.4 is 5.32 Å². The summed E-state index contributed by atoms with van der Waals surface area (Å²) >= 11 is 6.97. The fourth-order valence-corrected chi connectivity index (χ4v) is 2.75. The Morgan fingerprint density at radius 3 is 3.00 bits per heavy atom. The molecule has 1 saturated heterocycles. The lowest BCUT2D eigenvalue weighted by molar-refractivity contribution is 0.460. The van der Waals surface area contributed by atoms with Crippen LogP contribution in [0, 0.1) is 0 Å². The molecule has 1 aromatic rings. The van der Waals surface area contributed by atoms with Crippen LogP contribution in [0.25, 0.3) is 0 Å². The maximum Gasteiger partial charge on any atom is 0.106 e. The Kier molecular flexibility index (Phi) is 3.57. The molecule has 0 amide bonds. The summed E-state index contributed by atoms with van der Waals surface area (Å²) in [6.07, 6.45) is 4.40. The zero-order chi connectivity index (χ0) is 9.97. The summed E-state index contributed by atoms with van der Waals surface area (Å²) in [6.45, 7) is 2.23. The minimum atomic E-state index is 0.623. The average Bonchev–Trinajstić information content (AvgIpc) is 2.23. The predicted molar refractivity (Wildman–Crippen MR) is 64.5 cm³/mol. The SMILES string of the molecule is Brc1cc(C2CCCNC2)c(Br)cn1. The Morgan fingerprint density at radius 1 is 1.43 bits per heavy atom. The van der Waals surface area contributed by atoms with E-state index < -0.39 is 0 Å². The van der Waals surface area contributed by atoms with Gasteiger partial charge in [0.05, 0.1) is 0 Å². The van der Waals surface area contributed by atoms with Gasteiger partial charge in [-0.05, 0) is 68.8 Å². The highest BCUT2D eigenvalue weighted by atomic mass is 79.9. The van der Waals surface area contributed by atoms with Crippen molar-refractivity contribution in [1.82, 2.24) is 10.3 Å². The summed E-state index contributed by atoms with van der Waals surface area (Å²) in [4.78, 5) is 4.18. The molecular formula is C10H12Br2N2. The van der Waals surface area contributed by atoms with Gasteiger partial charge in [0.2, 0.25) is 0 Å². The van der Waals surface area contributed by atoms with Gasteiger partial charge in [0, 0.05) is 17.2 Å². The van der Waals surface area contributed by atoms with Crippen LogP contribution in [-0.2, 0) is 0 Å². The number of piperidine rings is 1. The number of hydrogen-bond donors (Lipinski definition) is 1. The number of nitrogens with one attached hydrogen (secondary N) is 1. The summed E-state index contributed by atoms with van der Waals surface area (Å²) in [5, 5.41) is 3.42. The maximum absolute atomic E-state index is 4.18. The maximum atomic E-state index is 4.18.